The SMILES string of the molecule is CCOc1ccnc(OCC)c1N. The average Bonchev–Trinajstić information content (AvgIpc) is 2.13. The zero-order valence-corrected chi connectivity index (χ0v) is 7.91. The third kappa shape index (κ3) is 2.24. The molecule has 4 heteroatoms. The number of anilines is 1. The average molecular weight is 182 g/mol. The van der Waals surface area contributed by atoms with Crippen molar-refractivity contribution in [1.82, 2.24) is 4.98 Å². The molecule has 4 nitrogen and oxygen atoms in total. The Kier molecular flexibility index (Phi) is 3.37. The van der Waals surface area contributed by atoms with Crippen molar-refractivity contribution in [2.75, 3.05) is 18.9 Å². The molecule has 0 aliphatic rings. The lowest BCUT2D eigenvalue weighted by Gasteiger charge is -2.09. The van der Waals surface area contributed by atoms with Crippen molar-refractivity contribution in [2.24, 2.45) is 0 Å². The molecule has 0 aliphatic carbocycles. The second-order valence-corrected chi connectivity index (χ2v) is 2.39. The van der Waals surface area contributed by atoms with Gasteiger partial charge in [-0.2, -0.15) is 0 Å². The molecule has 0 amide bonds. The van der Waals surface area contributed by atoms with Gasteiger partial charge in [0.2, 0.25) is 5.88 Å². The van der Waals surface area contributed by atoms with E-state index in [1.54, 1.807) is 12.3 Å². The van der Waals surface area contributed by atoms with Crippen LogP contribution in [0.25, 0.3) is 0 Å². The Hall–Kier alpha value is -1.45. The zero-order chi connectivity index (χ0) is 9.68. The van der Waals surface area contributed by atoms with E-state index in [4.69, 9.17) is 15.2 Å². The highest BCUT2D eigenvalue weighted by atomic mass is 16.5. The van der Waals surface area contributed by atoms with Crippen molar-refractivity contribution in [1.29, 1.82) is 0 Å². The van der Waals surface area contributed by atoms with Crippen molar-refractivity contribution in [3.05, 3.63) is 12.3 Å². The molecule has 0 spiro atoms. The molecule has 1 aromatic rings. The number of pyridine rings is 1. The molecule has 0 unspecified atom stereocenters. The topological polar surface area (TPSA) is 57.4 Å². The molecule has 0 fully saturated rings. The third-order valence-electron chi connectivity index (χ3n) is 1.49. The Morgan fingerprint density at radius 2 is 2.00 bits per heavy atom. The molecule has 2 N–H and O–H groups in total. The first-order valence-corrected chi connectivity index (χ1v) is 4.29. The highest BCUT2D eigenvalue weighted by Crippen LogP contribution is 2.28. The molecule has 0 aromatic carbocycles. The van der Waals surface area contributed by atoms with Crippen LogP contribution in [0.1, 0.15) is 13.8 Å². The largest absolute Gasteiger partial charge is 0.491 e. The van der Waals surface area contributed by atoms with Crippen molar-refractivity contribution < 1.29 is 9.47 Å². The molecule has 1 rings (SSSR count). The predicted octanol–water partition coefficient (Wildman–Crippen LogP) is 1.46. The van der Waals surface area contributed by atoms with Gasteiger partial charge in [-0.15, -0.1) is 0 Å². The van der Waals surface area contributed by atoms with Gasteiger partial charge in [-0.25, -0.2) is 4.98 Å². The van der Waals surface area contributed by atoms with Crippen LogP contribution in [0.2, 0.25) is 0 Å². The van der Waals surface area contributed by atoms with Crippen LogP contribution in [0.4, 0.5) is 5.69 Å². The van der Waals surface area contributed by atoms with Crippen LogP contribution in [-0.4, -0.2) is 18.2 Å². The number of nitrogen functional groups attached to an aromatic ring is 1. The minimum Gasteiger partial charge on any atom is -0.491 e. The van der Waals surface area contributed by atoms with E-state index in [9.17, 15) is 0 Å². The molecule has 0 bridgehead atoms. The van der Waals surface area contributed by atoms with Crippen LogP contribution >= 0.6 is 0 Å². The predicted molar refractivity (Wildman–Crippen MR) is 51.0 cm³/mol. The molecule has 0 radical (unpaired) electrons. The molecule has 72 valence electrons. The molecule has 0 saturated carbocycles. The lowest BCUT2D eigenvalue weighted by atomic mass is 10.4. The van der Waals surface area contributed by atoms with E-state index in [-0.39, 0.29) is 0 Å². The number of nitrogens with two attached hydrogens (primary N) is 1. The van der Waals surface area contributed by atoms with Crippen LogP contribution < -0.4 is 15.2 Å². The fourth-order valence-corrected chi connectivity index (χ4v) is 0.970. The van der Waals surface area contributed by atoms with E-state index in [2.05, 4.69) is 4.98 Å². The summed E-state index contributed by atoms with van der Waals surface area (Å²) in [6.45, 7) is 4.92. The Morgan fingerprint density at radius 3 is 2.62 bits per heavy atom. The van der Waals surface area contributed by atoms with Crippen LogP contribution in [0.3, 0.4) is 0 Å². The molecule has 13 heavy (non-hydrogen) atoms. The Labute approximate surface area is 77.7 Å². The van der Waals surface area contributed by atoms with Crippen molar-refractivity contribution >= 4 is 5.69 Å². The van der Waals surface area contributed by atoms with Gasteiger partial charge in [-0.05, 0) is 13.8 Å². The van der Waals surface area contributed by atoms with E-state index in [1.165, 1.54) is 0 Å². The van der Waals surface area contributed by atoms with Crippen LogP contribution in [0, 0.1) is 0 Å². The van der Waals surface area contributed by atoms with Gasteiger partial charge in [-0.3, -0.25) is 0 Å². The maximum Gasteiger partial charge on any atom is 0.241 e. The van der Waals surface area contributed by atoms with Gasteiger partial charge >= 0.3 is 0 Å². The van der Waals surface area contributed by atoms with Gasteiger partial charge in [0.25, 0.3) is 0 Å². The Balaban J connectivity index is 2.89. The van der Waals surface area contributed by atoms with E-state index in [1.807, 2.05) is 13.8 Å². The molecule has 1 aromatic heterocycles. The highest BCUT2D eigenvalue weighted by Gasteiger charge is 2.06. The van der Waals surface area contributed by atoms with Gasteiger partial charge in [0.1, 0.15) is 11.4 Å². The summed E-state index contributed by atoms with van der Waals surface area (Å²) in [4.78, 5) is 3.98. The summed E-state index contributed by atoms with van der Waals surface area (Å²) in [6.07, 6.45) is 1.62. The summed E-state index contributed by atoms with van der Waals surface area (Å²) in [5.41, 5.74) is 6.21. The van der Waals surface area contributed by atoms with E-state index < -0.39 is 0 Å². The first kappa shape index (κ1) is 9.64. The molecule has 0 atom stereocenters. The second kappa shape index (κ2) is 4.54. The van der Waals surface area contributed by atoms with E-state index in [0.717, 1.165) is 0 Å². The quantitative estimate of drug-likeness (QED) is 0.765. The van der Waals surface area contributed by atoms with Crippen molar-refractivity contribution in [2.45, 2.75) is 13.8 Å². The van der Waals surface area contributed by atoms with Crippen LogP contribution in [0.15, 0.2) is 12.3 Å². The van der Waals surface area contributed by atoms with Crippen LogP contribution in [0.5, 0.6) is 11.6 Å². The number of rotatable bonds is 4. The van der Waals surface area contributed by atoms with Gasteiger partial charge in [0, 0.05) is 12.3 Å². The first-order chi connectivity index (χ1) is 6.29. The molecule has 1 heterocycles. The standard InChI is InChI=1S/C9H14N2O2/c1-3-12-7-5-6-11-9(8(7)10)13-4-2/h5-6H,3-4,10H2,1-2H3. The summed E-state index contributed by atoms with van der Waals surface area (Å²) in [7, 11) is 0. The third-order valence-corrected chi connectivity index (χ3v) is 1.49. The number of aromatic nitrogens is 1. The van der Waals surface area contributed by atoms with E-state index in [0.29, 0.717) is 30.5 Å². The molecular formula is C9H14N2O2. The van der Waals surface area contributed by atoms with Gasteiger partial charge in [-0.1, -0.05) is 0 Å². The Bertz CT molecular complexity index is 252. The van der Waals surface area contributed by atoms with Gasteiger partial charge in [0.15, 0.2) is 0 Å². The van der Waals surface area contributed by atoms with E-state index >= 15 is 0 Å². The first-order valence-electron chi connectivity index (χ1n) is 4.29. The number of hydrogen-bond donors (Lipinski definition) is 1. The summed E-state index contributed by atoms with van der Waals surface area (Å²) >= 11 is 0. The minimum atomic E-state index is 0.438. The Morgan fingerprint density at radius 1 is 1.31 bits per heavy atom. The smallest absolute Gasteiger partial charge is 0.241 e. The second-order valence-electron chi connectivity index (χ2n) is 2.39. The summed E-state index contributed by atoms with van der Waals surface area (Å²) < 4.78 is 10.5. The zero-order valence-electron chi connectivity index (χ0n) is 7.91. The summed E-state index contributed by atoms with van der Waals surface area (Å²) in [5, 5.41) is 0. The number of nitrogens with zero attached hydrogens (tertiary/aromatic N) is 1. The molecule has 0 aliphatic heterocycles. The summed E-state index contributed by atoms with van der Waals surface area (Å²) in [5.74, 6) is 1.06. The highest BCUT2D eigenvalue weighted by molar-refractivity contribution is 5.59. The normalized spacial score (nSPS) is 9.69. The summed E-state index contributed by atoms with van der Waals surface area (Å²) in [6, 6.07) is 1.72. The van der Waals surface area contributed by atoms with Crippen LogP contribution in [-0.2, 0) is 0 Å². The maximum atomic E-state index is 5.74. The monoisotopic (exact) mass is 182 g/mol. The van der Waals surface area contributed by atoms with Gasteiger partial charge < -0.3 is 15.2 Å². The lowest BCUT2D eigenvalue weighted by Crippen LogP contribution is -2.02. The fraction of sp³-hybridized carbons (Fsp3) is 0.444. The van der Waals surface area contributed by atoms with Crippen molar-refractivity contribution in [3.8, 4) is 11.6 Å². The number of ether oxygens (including phenoxy) is 2. The lowest BCUT2D eigenvalue weighted by molar-refractivity contribution is 0.317. The van der Waals surface area contributed by atoms with Gasteiger partial charge in [0.05, 0.1) is 13.2 Å². The number of hydrogen-bond acceptors (Lipinski definition) is 4. The molecule has 0 saturated heterocycles. The fourth-order valence-electron chi connectivity index (χ4n) is 0.970. The van der Waals surface area contributed by atoms with Crippen molar-refractivity contribution in [3.63, 3.8) is 0 Å². The maximum absolute atomic E-state index is 5.74. The molecular weight excluding hydrogens is 168 g/mol. The minimum absolute atomic E-state index is 0.438.